The van der Waals surface area contributed by atoms with Crippen LogP contribution >= 0.6 is 0 Å². The molecule has 23 nitrogen and oxygen atoms in total. The third kappa shape index (κ3) is 18.6. The molecule has 0 bridgehead atoms. The van der Waals surface area contributed by atoms with Crippen LogP contribution in [0.4, 0.5) is 0 Å². The van der Waals surface area contributed by atoms with Crippen molar-refractivity contribution in [2.75, 3.05) is 13.2 Å². The van der Waals surface area contributed by atoms with Gasteiger partial charge < -0.3 is 74.2 Å². The Balaban J connectivity index is 5.88. The summed E-state index contributed by atoms with van der Waals surface area (Å²) in [5.74, 6) is -10.2. The molecule has 0 saturated heterocycles. The van der Waals surface area contributed by atoms with Crippen LogP contribution < -0.4 is 48.7 Å². The predicted molar refractivity (Wildman–Crippen MR) is 196 cm³/mol. The molecular weight excluding hydrogens is 746 g/mol. The average molecular weight is 806 g/mol. The molecule has 0 aromatic carbocycles. The molecule has 10 atom stereocenters. The number of aliphatic hydroxyl groups excluding tert-OH is 3. The SMILES string of the molecule is CC(C)C[C@H](NC(=O)[C@H](CC(=O)O)NC(=O)[C@H](C)NC(=O)[C@H](C)NC(=O)[C@@H](NC(=O)[C@@H](N)[C@@H](C)O)[C@@H](C)O)C(=O)N[C@@H](CCCCN)C(=O)N[C@@H](CO)C(=O)O. The maximum Gasteiger partial charge on any atom is 0.328 e. The van der Waals surface area contributed by atoms with E-state index in [9.17, 15) is 68.7 Å². The number of aliphatic hydroxyl groups is 3. The lowest BCUT2D eigenvalue weighted by Gasteiger charge is -2.27. The highest BCUT2D eigenvalue weighted by Crippen LogP contribution is 2.09. The van der Waals surface area contributed by atoms with Gasteiger partial charge in [0.15, 0.2) is 0 Å². The first kappa shape index (κ1) is 51.0. The molecule has 0 unspecified atom stereocenters. The fourth-order valence-corrected chi connectivity index (χ4v) is 4.79. The highest BCUT2D eigenvalue weighted by Gasteiger charge is 2.34. The van der Waals surface area contributed by atoms with Crippen molar-refractivity contribution in [3.8, 4) is 0 Å². The average Bonchev–Trinajstić information content (AvgIpc) is 3.10. The Labute approximate surface area is 323 Å². The minimum Gasteiger partial charge on any atom is -0.481 e. The second-order valence-electron chi connectivity index (χ2n) is 13.7. The molecule has 0 fully saturated rings. The van der Waals surface area contributed by atoms with Crippen molar-refractivity contribution >= 4 is 53.3 Å². The first-order chi connectivity index (χ1) is 26.0. The second-order valence-corrected chi connectivity index (χ2v) is 13.7. The fourth-order valence-electron chi connectivity index (χ4n) is 4.79. The van der Waals surface area contributed by atoms with E-state index in [2.05, 4.69) is 37.2 Å². The smallest absolute Gasteiger partial charge is 0.328 e. The number of unbranched alkanes of at least 4 members (excludes halogenated alkanes) is 1. The second kappa shape index (κ2) is 25.2. The summed E-state index contributed by atoms with van der Waals surface area (Å²) in [5, 5.41) is 63.4. The number of aliphatic carboxylic acids is 2. The van der Waals surface area contributed by atoms with Crippen LogP contribution in [0.25, 0.3) is 0 Å². The highest BCUT2D eigenvalue weighted by molar-refractivity contribution is 5.98. The molecule has 7 amide bonds. The van der Waals surface area contributed by atoms with Gasteiger partial charge in [0.05, 0.1) is 25.2 Å². The molecule has 320 valence electrons. The van der Waals surface area contributed by atoms with Crippen molar-refractivity contribution in [1.29, 1.82) is 0 Å². The molecule has 16 N–H and O–H groups in total. The van der Waals surface area contributed by atoms with Gasteiger partial charge in [0, 0.05) is 0 Å². The molecule has 0 aliphatic rings. The minimum atomic E-state index is -1.79. The van der Waals surface area contributed by atoms with Crippen LogP contribution in [0.15, 0.2) is 0 Å². The van der Waals surface area contributed by atoms with Gasteiger partial charge in [-0.2, -0.15) is 0 Å². The third-order valence-corrected chi connectivity index (χ3v) is 8.12. The van der Waals surface area contributed by atoms with Crippen LogP contribution in [0, 0.1) is 5.92 Å². The summed E-state index contributed by atoms with van der Waals surface area (Å²) >= 11 is 0. The van der Waals surface area contributed by atoms with Gasteiger partial charge in [-0.15, -0.1) is 0 Å². The maximum atomic E-state index is 13.4. The van der Waals surface area contributed by atoms with E-state index < -0.39 is 127 Å². The zero-order valence-electron chi connectivity index (χ0n) is 32.4. The van der Waals surface area contributed by atoms with E-state index in [1.54, 1.807) is 13.8 Å². The summed E-state index contributed by atoms with van der Waals surface area (Å²) in [6.07, 6.45) is -2.95. The number of carbonyl (C=O) groups excluding carboxylic acids is 7. The molecule has 0 aromatic rings. The molecule has 0 rings (SSSR count). The van der Waals surface area contributed by atoms with Crippen LogP contribution in [-0.2, 0) is 43.2 Å². The zero-order valence-corrected chi connectivity index (χ0v) is 32.4. The van der Waals surface area contributed by atoms with Gasteiger partial charge in [-0.3, -0.25) is 38.4 Å². The van der Waals surface area contributed by atoms with Crippen molar-refractivity contribution in [2.24, 2.45) is 17.4 Å². The van der Waals surface area contributed by atoms with Crippen molar-refractivity contribution in [3.05, 3.63) is 0 Å². The summed E-state index contributed by atoms with van der Waals surface area (Å²) in [6.45, 7) is 7.54. The van der Waals surface area contributed by atoms with E-state index in [-0.39, 0.29) is 25.3 Å². The minimum absolute atomic E-state index is 0.00879. The topological polar surface area (TPSA) is 391 Å². The first-order valence-electron chi connectivity index (χ1n) is 18.0. The number of carboxylic acids is 2. The van der Waals surface area contributed by atoms with Crippen molar-refractivity contribution in [3.63, 3.8) is 0 Å². The lowest BCUT2D eigenvalue weighted by Crippen LogP contribution is -2.61. The van der Waals surface area contributed by atoms with E-state index in [1.165, 1.54) is 27.7 Å². The van der Waals surface area contributed by atoms with Crippen LogP contribution in [0.3, 0.4) is 0 Å². The van der Waals surface area contributed by atoms with Gasteiger partial charge >= 0.3 is 11.9 Å². The van der Waals surface area contributed by atoms with Gasteiger partial charge in [0.2, 0.25) is 41.4 Å². The highest BCUT2D eigenvalue weighted by atomic mass is 16.4. The molecule has 23 heteroatoms. The van der Waals surface area contributed by atoms with E-state index in [0.717, 1.165) is 0 Å². The van der Waals surface area contributed by atoms with Gasteiger partial charge in [-0.1, -0.05) is 13.8 Å². The Kier molecular flexibility index (Phi) is 23.0. The maximum absolute atomic E-state index is 13.4. The van der Waals surface area contributed by atoms with E-state index >= 15 is 0 Å². The van der Waals surface area contributed by atoms with Gasteiger partial charge in [-0.25, -0.2) is 4.79 Å². The molecule has 0 radical (unpaired) electrons. The summed E-state index contributed by atoms with van der Waals surface area (Å²) in [5.41, 5.74) is 11.1. The van der Waals surface area contributed by atoms with Crippen LogP contribution in [-0.4, -0.2) is 153 Å². The molecule has 0 saturated carbocycles. The molecular formula is C33H59N9O14. The number of rotatable bonds is 26. The molecule has 0 aliphatic carbocycles. The van der Waals surface area contributed by atoms with Gasteiger partial charge in [0.1, 0.15) is 48.3 Å². The van der Waals surface area contributed by atoms with E-state index in [0.29, 0.717) is 12.8 Å². The molecule has 0 aromatic heterocycles. The summed E-state index contributed by atoms with van der Waals surface area (Å²) in [6, 6.07) is -12.0. The Morgan fingerprint density at radius 2 is 1.02 bits per heavy atom. The summed E-state index contributed by atoms with van der Waals surface area (Å²) < 4.78 is 0. The van der Waals surface area contributed by atoms with E-state index in [4.69, 9.17) is 11.5 Å². The Hall–Kier alpha value is -4.97. The number of carbonyl (C=O) groups is 9. The largest absolute Gasteiger partial charge is 0.481 e. The number of nitrogens with two attached hydrogens (primary N) is 2. The number of nitrogens with one attached hydrogen (secondary N) is 7. The van der Waals surface area contributed by atoms with Crippen molar-refractivity contribution in [1.82, 2.24) is 37.2 Å². The number of hydrogen-bond acceptors (Lipinski definition) is 14. The number of amides is 7. The normalized spacial score (nSPS) is 16.5. The lowest BCUT2D eigenvalue weighted by molar-refractivity contribution is -0.143. The zero-order chi connectivity index (χ0) is 43.4. The molecule has 0 aliphatic heterocycles. The van der Waals surface area contributed by atoms with Gasteiger partial charge in [-0.05, 0) is 65.8 Å². The quantitative estimate of drug-likeness (QED) is 0.0362. The Morgan fingerprint density at radius 3 is 1.48 bits per heavy atom. The van der Waals surface area contributed by atoms with Crippen LogP contribution in [0.2, 0.25) is 0 Å². The van der Waals surface area contributed by atoms with E-state index in [1.807, 2.05) is 0 Å². The van der Waals surface area contributed by atoms with Crippen LogP contribution in [0.5, 0.6) is 0 Å². The number of hydrogen-bond donors (Lipinski definition) is 14. The van der Waals surface area contributed by atoms with Gasteiger partial charge in [0.25, 0.3) is 0 Å². The third-order valence-electron chi connectivity index (χ3n) is 8.12. The first-order valence-corrected chi connectivity index (χ1v) is 18.0. The molecule has 0 spiro atoms. The molecule has 56 heavy (non-hydrogen) atoms. The monoisotopic (exact) mass is 805 g/mol. The van der Waals surface area contributed by atoms with Crippen molar-refractivity contribution < 1.29 is 68.7 Å². The predicted octanol–water partition coefficient (Wildman–Crippen LogP) is -5.76. The van der Waals surface area contributed by atoms with Crippen LogP contribution in [0.1, 0.15) is 73.6 Å². The lowest BCUT2D eigenvalue weighted by atomic mass is 10.0. The standard InChI is InChI=1S/C33H59N9O14/c1-14(2)11-20(29(51)38-19(9-7-8-10-34)28(50)41-22(13-43)33(55)56)40-30(52)21(12-23(46)47)39-27(49)16(4)36-26(48)15(3)37-32(54)25(18(6)45)42-31(53)24(35)17(5)44/h14-22,24-25,43-45H,7-13,34-35H2,1-6H3,(H,36,48)(H,37,54)(H,38,51)(H,39,49)(H,40,52)(H,41,50)(H,42,53)(H,46,47)(H,55,56)/t15-,16-,17+,18+,19-,20-,21-,22-,24-,25-/m0/s1. The Morgan fingerprint density at radius 1 is 0.554 bits per heavy atom. The molecule has 0 heterocycles. The summed E-state index contributed by atoms with van der Waals surface area (Å²) in [7, 11) is 0. The van der Waals surface area contributed by atoms with Crippen molar-refractivity contribution in [2.45, 2.75) is 134 Å². The Bertz CT molecular complexity index is 1380. The number of carboxylic acid groups (broad SMARTS) is 2. The fraction of sp³-hybridized carbons (Fsp3) is 0.727. The summed E-state index contributed by atoms with van der Waals surface area (Å²) in [4.78, 5) is 114.